The number of hydrazine groups is 1. The average Bonchev–Trinajstić information content (AvgIpc) is 2.69. The lowest BCUT2D eigenvalue weighted by atomic mass is 10.0. The van der Waals surface area contributed by atoms with Gasteiger partial charge in [-0.3, -0.25) is 10.2 Å². The molecule has 1 aromatic carbocycles. The Kier molecular flexibility index (Phi) is 3.35. The van der Waals surface area contributed by atoms with Gasteiger partial charge in [0.1, 0.15) is 0 Å². The Labute approximate surface area is 96.6 Å². The molecule has 0 saturated carbocycles. The van der Waals surface area contributed by atoms with Crippen LogP contribution in [0.25, 0.3) is 0 Å². The number of hydrogen-bond acceptors (Lipinski definition) is 3. The highest BCUT2D eigenvalue weighted by Crippen LogP contribution is 2.24. The van der Waals surface area contributed by atoms with E-state index >= 15 is 0 Å². The first-order valence-corrected chi connectivity index (χ1v) is 5.24. The van der Waals surface area contributed by atoms with E-state index in [4.69, 9.17) is 5.11 Å². The number of benzene rings is 1. The minimum Gasteiger partial charge on any atom is -0.481 e. The van der Waals surface area contributed by atoms with Crippen LogP contribution in [0.2, 0.25) is 0 Å². The fraction of sp³-hybridized carbons (Fsp3) is 0.364. The van der Waals surface area contributed by atoms with E-state index in [1.54, 1.807) is 0 Å². The number of aliphatic carboxylic acids is 1. The molecule has 17 heavy (non-hydrogen) atoms. The van der Waals surface area contributed by atoms with Crippen LogP contribution in [-0.4, -0.2) is 17.1 Å². The Hall–Kier alpha value is -1.53. The molecule has 1 fully saturated rings. The fourth-order valence-electron chi connectivity index (χ4n) is 1.91. The van der Waals surface area contributed by atoms with Gasteiger partial charge in [0.25, 0.3) is 0 Å². The molecule has 1 heterocycles. The average molecular weight is 242 g/mol. The summed E-state index contributed by atoms with van der Waals surface area (Å²) in [6, 6.07) is 3.27. The Morgan fingerprint density at radius 3 is 2.76 bits per heavy atom. The Morgan fingerprint density at radius 1 is 1.35 bits per heavy atom. The summed E-state index contributed by atoms with van der Waals surface area (Å²) >= 11 is 0. The maximum absolute atomic E-state index is 13.0. The molecule has 3 N–H and O–H groups in total. The van der Waals surface area contributed by atoms with E-state index in [0.717, 1.165) is 12.1 Å². The van der Waals surface area contributed by atoms with Crippen LogP contribution >= 0.6 is 0 Å². The molecule has 0 amide bonds. The Balaban J connectivity index is 2.04. The van der Waals surface area contributed by atoms with Crippen LogP contribution in [0.5, 0.6) is 0 Å². The van der Waals surface area contributed by atoms with E-state index in [9.17, 15) is 13.6 Å². The van der Waals surface area contributed by atoms with Gasteiger partial charge >= 0.3 is 5.97 Å². The van der Waals surface area contributed by atoms with Gasteiger partial charge in [0.15, 0.2) is 11.6 Å². The van der Waals surface area contributed by atoms with Gasteiger partial charge < -0.3 is 5.11 Å². The zero-order valence-electron chi connectivity index (χ0n) is 8.91. The molecule has 92 valence electrons. The summed E-state index contributed by atoms with van der Waals surface area (Å²) in [4.78, 5) is 10.5. The molecule has 4 nitrogen and oxygen atoms in total. The van der Waals surface area contributed by atoms with Crippen LogP contribution in [0.1, 0.15) is 24.4 Å². The van der Waals surface area contributed by atoms with E-state index < -0.39 is 17.6 Å². The topological polar surface area (TPSA) is 61.4 Å². The number of hydrogen-bond donors (Lipinski definition) is 3. The Bertz CT molecular complexity index is 439. The number of nitrogens with one attached hydrogen (secondary N) is 2. The summed E-state index contributed by atoms with van der Waals surface area (Å²) in [7, 11) is 0. The van der Waals surface area contributed by atoms with Crippen molar-refractivity contribution in [3.8, 4) is 0 Å². The molecule has 1 aliphatic heterocycles. The Morgan fingerprint density at radius 2 is 2.12 bits per heavy atom. The fourth-order valence-corrected chi connectivity index (χ4v) is 1.91. The van der Waals surface area contributed by atoms with Gasteiger partial charge in [-0.25, -0.2) is 14.2 Å². The molecule has 2 unspecified atom stereocenters. The standard InChI is InChI=1S/C11H12F2N2O2/c12-8-2-1-6(3-9(8)13)10-4-7(14-15-10)5-11(16)17/h1-3,7,10,14-15H,4-5H2,(H,16,17). The minimum atomic E-state index is -0.897. The van der Waals surface area contributed by atoms with Crippen molar-refractivity contribution >= 4 is 5.97 Å². The quantitative estimate of drug-likeness (QED) is 0.748. The highest BCUT2D eigenvalue weighted by Gasteiger charge is 2.27. The van der Waals surface area contributed by atoms with Gasteiger partial charge in [0.2, 0.25) is 0 Å². The molecule has 0 aromatic heterocycles. The van der Waals surface area contributed by atoms with E-state index in [0.29, 0.717) is 12.0 Å². The minimum absolute atomic E-state index is 0.00677. The zero-order valence-corrected chi connectivity index (χ0v) is 8.91. The van der Waals surface area contributed by atoms with Gasteiger partial charge in [-0.2, -0.15) is 0 Å². The molecule has 2 atom stereocenters. The highest BCUT2D eigenvalue weighted by atomic mass is 19.2. The second-order valence-corrected chi connectivity index (χ2v) is 4.05. The molecular formula is C11H12F2N2O2. The van der Waals surface area contributed by atoms with Gasteiger partial charge in [-0.05, 0) is 24.1 Å². The number of halogens is 2. The molecule has 1 saturated heterocycles. The van der Waals surface area contributed by atoms with E-state index in [1.165, 1.54) is 6.07 Å². The van der Waals surface area contributed by atoms with Crippen molar-refractivity contribution < 1.29 is 18.7 Å². The highest BCUT2D eigenvalue weighted by molar-refractivity contribution is 5.67. The molecule has 6 heteroatoms. The van der Waals surface area contributed by atoms with Gasteiger partial charge in [-0.15, -0.1) is 0 Å². The molecule has 0 aliphatic carbocycles. The van der Waals surface area contributed by atoms with Crippen LogP contribution in [0.15, 0.2) is 18.2 Å². The summed E-state index contributed by atoms with van der Waals surface area (Å²) in [5.74, 6) is -2.68. The van der Waals surface area contributed by atoms with Crippen LogP contribution in [0, 0.1) is 11.6 Å². The lowest BCUT2D eigenvalue weighted by molar-refractivity contribution is -0.137. The molecular weight excluding hydrogens is 230 g/mol. The summed E-state index contributed by atoms with van der Waals surface area (Å²) in [6.45, 7) is 0. The number of carboxylic acids is 1. The van der Waals surface area contributed by atoms with E-state index in [1.807, 2.05) is 0 Å². The predicted octanol–water partition coefficient (Wildman–Crippen LogP) is 1.35. The van der Waals surface area contributed by atoms with Crippen molar-refractivity contribution in [2.24, 2.45) is 0 Å². The maximum Gasteiger partial charge on any atom is 0.304 e. The van der Waals surface area contributed by atoms with Gasteiger partial charge in [-0.1, -0.05) is 6.07 Å². The van der Waals surface area contributed by atoms with Crippen LogP contribution in [0.4, 0.5) is 8.78 Å². The van der Waals surface area contributed by atoms with E-state index in [-0.39, 0.29) is 18.5 Å². The number of carboxylic acid groups (broad SMARTS) is 1. The molecule has 0 spiro atoms. The smallest absolute Gasteiger partial charge is 0.304 e. The normalized spacial score (nSPS) is 23.9. The first-order valence-electron chi connectivity index (χ1n) is 5.24. The van der Waals surface area contributed by atoms with Crippen LogP contribution in [-0.2, 0) is 4.79 Å². The number of rotatable bonds is 3. The first-order chi connectivity index (χ1) is 8.06. The van der Waals surface area contributed by atoms with Gasteiger partial charge in [0, 0.05) is 12.1 Å². The third kappa shape index (κ3) is 2.78. The summed E-state index contributed by atoms with van der Waals surface area (Å²) in [5, 5.41) is 8.63. The maximum atomic E-state index is 13.0. The second kappa shape index (κ2) is 4.77. The van der Waals surface area contributed by atoms with Crippen molar-refractivity contribution in [2.75, 3.05) is 0 Å². The molecule has 0 bridgehead atoms. The monoisotopic (exact) mass is 242 g/mol. The lowest BCUT2D eigenvalue weighted by Crippen LogP contribution is -2.32. The third-order valence-electron chi connectivity index (χ3n) is 2.75. The third-order valence-corrected chi connectivity index (χ3v) is 2.75. The second-order valence-electron chi connectivity index (χ2n) is 4.05. The van der Waals surface area contributed by atoms with Crippen LogP contribution in [0.3, 0.4) is 0 Å². The summed E-state index contributed by atoms with van der Waals surface area (Å²) < 4.78 is 25.8. The van der Waals surface area contributed by atoms with Crippen LogP contribution < -0.4 is 10.9 Å². The van der Waals surface area contributed by atoms with Crippen molar-refractivity contribution in [1.29, 1.82) is 0 Å². The van der Waals surface area contributed by atoms with Crippen molar-refractivity contribution in [3.05, 3.63) is 35.4 Å². The zero-order chi connectivity index (χ0) is 12.4. The van der Waals surface area contributed by atoms with Gasteiger partial charge in [0.05, 0.1) is 6.42 Å². The molecule has 1 aliphatic rings. The lowest BCUT2D eigenvalue weighted by Gasteiger charge is -2.09. The van der Waals surface area contributed by atoms with Crippen molar-refractivity contribution in [1.82, 2.24) is 10.9 Å². The molecule has 0 radical (unpaired) electrons. The van der Waals surface area contributed by atoms with Crippen molar-refractivity contribution in [2.45, 2.75) is 24.9 Å². The SMILES string of the molecule is O=C(O)CC1CC(c2ccc(F)c(F)c2)NN1. The summed E-state index contributed by atoms with van der Waals surface area (Å²) in [6.07, 6.45) is 0.518. The first kappa shape index (κ1) is 11.9. The number of carbonyl (C=O) groups is 1. The van der Waals surface area contributed by atoms with Crippen molar-refractivity contribution in [3.63, 3.8) is 0 Å². The summed E-state index contributed by atoms with van der Waals surface area (Å²) in [5.41, 5.74) is 6.30. The molecule has 1 aromatic rings. The largest absolute Gasteiger partial charge is 0.481 e. The van der Waals surface area contributed by atoms with E-state index in [2.05, 4.69) is 10.9 Å². The molecule has 2 rings (SSSR count). The predicted molar refractivity (Wildman–Crippen MR) is 56.0 cm³/mol.